The van der Waals surface area contributed by atoms with Crippen LogP contribution in [0.3, 0.4) is 0 Å². The first-order chi connectivity index (χ1) is 7.35. The van der Waals surface area contributed by atoms with Crippen LogP contribution in [0.15, 0.2) is 0 Å². The first-order valence-electron chi connectivity index (χ1n) is 5.67. The first kappa shape index (κ1) is 13.8. The predicted molar refractivity (Wildman–Crippen MR) is 54.1 cm³/mol. The van der Waals surface area contributed by atoms with E-state index in [-0.39, 0.29) is 18.9 Å². The fourth-order valence-corrected chi connectivity index (χ4v) is 2.23. The molecule has 2 nitrogen and oxygen atoms in total. The van der Waals surface area contributed by atoms with Crippen LogP contribution in [0.25, 0.3) is 0 Å². The van der Waals surface area contributed by atoms with Crippen molar-refractivity contribution in [3.8, 4) is 0 Å². The van der Waals surface area contributed by atoms with Crippen LogP contribution in [0.2, 0.25) is 0 Å². The maximum absolute atomic E-state index is 11.9. The summed E-state index contributed by atoms with van der Waals surface area (Å²) >= 11 is 0. The molecule has 5 heteroatoms. The van der Waals surface area contributed by atoms with Gasteiger partial charge in [-0.15, -0.1) is 0 Å². The number of ether oxygens (including phenoxy) is 1. The van der Waals surface area contributed by atoms with Gasteiger partial charge in [0.1, 0.15) is 0 Å². The van der Waals surface area contributed by atoms with Gasteiger partial charge in [0, 0.05) is 13.5 Å². The molecule has 1 aliphatic rings. The number of methoxy groups -OCH3 is 1. The van der Waals surface area contributed by atoms with Crippen molar-refractivity contribution in [1.29, 1.82) is 0 Å². The van der Waals surface area contributed by atoms with Gasteiger partial charge in [0.05, 0.1) is 11.7 Å². The van der Waals surface area contributed by atoms with Gasteiger partial charge in [0.15, 0.2) is 0 Å². The van der Waals surface area contributed by atoms with E-state index >= 15 is 0 Å². The summed E-state index contributed by atoms with van der Waals surface area (Å²) in [6.45, 7) is 0. The van der Waals surface area contributed by atoms with Crippen molar-refractivity contribution in [3.63, 3.8) is 0 Å². The summed E-state index contributed by atoms with van der Waals surface area (Å²) in [6, 6.07) is 0. The van der Waals surface area contributed by atoms with Crippen molar-refractivity contribution in [2.45, 2.75) is 62.8 Å². The van der Waals surface area contributed by atoms with Gasteiger partial charge in [-0.2, -0.15) is 13.2 Å². The molecular formula is C11H19F3O2. The Labute approximate surface area is 93.8 Å². The predicted octanol–water partition coefficient (Wildman–Crippen LogP) is 3.04. The molecule has 0 aromatic rings. The van der Waals surface area contributed by atoms with E-state index in [0.29, 0.717) is 12.8 Å². The van der Waals surface area contributed by atoms with Crippen molar-refractivity contribution in [3.05, 3.63) is 0 Å². The van der Waals surface area contributed by atoms with Gasteiger partial charge in [-0.3, -0.25) is 0 Å². The van der Waals surface area contributed by atoms with Gasteiger partial charge in [-0.25, -0.2) is 0 Å². The van der Waals surface area contributed by atoms with Crippen LogP contribution in [0, 0.1) is 0 Å². The molecule has 0 spiro atoms. The molecule has 0 aromatic heterocycles. The third-order valence-electron chi connectivity index (χ3n) is 3.30. The largest absolute Gasteiger partial charge is 0.390 e. The summed E-state index contributed by atoms with van der Waals surface area (Å²) in [7, 11) is 1.62. The van der Waals surface area contributed by atoms with E-state index in [2.05, 4.69) is 0 Å². The normalized spacial score (nSPS) is 31.7. The highest BCUT2D eigenvalue weighted by Crippen LogP contribution is 2.34. The lowest BCUT2D eigenvalue weighted by atomic mass is 9.80. The zero-order valence-electron chi connectivity index (χ0n) is 9.52. The Kier molecular flexibility index (Phi) is 4.62. The van der Waals surface area contributed by atoms with E-state index in [9.17, 15) is 18.3 Å². The van der Waals surface area contributed by atoms with Gasteiger partial charge in [-0.1, -0.05) is 0 Å². The molecule has 16 heavy (non-hydrogen) atoms. The summed E-state index contributed by atoms with van der Waals surface area (Å²) in [5, 5.41) is 10.1. The third kappa shape index (κ3) is 4.70. The number of alkyl halides is 3. The van der Waals surface area contributed by atoms with E-state index in [1.54, 1.807) is 7.11 Å². The van der Waals surface area contributed by atoms with Gasteiger partial charge in [-0.05, 0) is 38.5 Å². The van der Waals surface area contributed by atoms with Gasteiger partial charge >= 0.3 is 6.18 Å². The van der Waals surface area contributed by atoms with Crippen LogP contribution in [-0.4, -0.2) is 30.1 Å². The summed E-state index contributed by atoms with van der Waals surface area (Å²) in [4.78, 5) is 0. The van der Waals surface area contributed by atoms with E-state index in [0.717, 1.165) is 12.8 Å². The fourth-order valence-electron chi connectivity index (χ4n) is 2.23. The second-order valence-electron chi connectivity index (χ2n) is 4.63. The summed E-state index contributed by atoms with van der Waals surface area (Å²) in [5.74, 6) is 0. The molecular weight excluding hydrogens is 221 g/mol. The quantitative estimate of drug-likeness (QED) is 0.818. The summed E-state index contributed by atoms with van der Waals surface area (Å²) in [5.41, 5.74) is -0.902. The molecule has 1 saturated carbocycles. The highest BCUT2D eigenvalue weighted by Gasteiger charge is 2.34. The minimum Gasteiger partial charge on any atom is -0.390 e. The molecule has 0 bridgehead atoms. The standard InChI is InChI=1S/C11H19F3O2/c1-16-9-3-7-10(15,8-4-9)5-2-6-11(12,13)14/h9,15H,2-8H2,1H3. The van der Waals surface area contributed by atoms with Gasteiger partial charge in [0.25, 0.3) is 0 Å². The SMILES string of the molecule is COC1CCC(O)(CCCC(F)(F)F)CC1. The molecule has 96 valence electrons. The molecule has 0 aliphatic heterocycles. The van der Waals surface area contributed by atoms with Crippen molar-refractivity contribution in [2.24, 2.45) is 0 Å². The highest BCUT2D eigenvalue weighted by atomic mass is 19.4. The van der Waals surface area contributed by atoms with Gasteiger partial charge in [0.2, 0.25) is 0 Å². The lowest BCUT2D eigenvalue weighted by Gasteiger charge is -2.35. The minimum absolute atomic E-state index is 0.0116. The zero-order valence-corrected chi connectivity index (χ0v) is 9.52. The second kappa shape index (κ2) is 5.36. The lowest BCUT2D eigenvalue weighted by molar-refractivity contribution is -0.139. The Morgan fingerprint density at radius 1 is 1.31 bits per heavy atom. The Balaban J connectivity index is 2.26. The van der Waals surface area contributed by atoms with Crippen LogP contribution in [-0.2, 0) is 4.74 Å². The molecule has 0 heterocycles. The Morgan fingerprint density at radius 2 is 1.88 bits per heavy atom. The molecule has 0 saturated heterocycles. The van der Waals surface area contributed by atoms with Crippen molar-refractivity contribution < 1.29 is 23.0 Å². The Bertz CT molecular complexity index is 208. The van der Waals surface area contributed by atoms with Crippen LogP contribution in [0.5, 0.6) is 0 Å². The summed E-state index contributed by atoms with van der Waals surface area (Å²) in [6.07, 6.45) is -1.95. The van der Waals surface area contributed by atoms with E-state index in [1.807, 2.05) is 0 Å². The van der Waals surface area contributed by atoms with Crippen molar-refractivity contribution in [2.75, 3.05) is 7.11 Å². The van der Waals surface area contributed by atoms with Gasteiger partial charge < -0.3 is 9.84 Å². The number of hydrogen-bond acceptors (Lipinski definition) is 2. The molecule has 0 radical (unpaired) electrons. The number of halogens is 3. The maximum atomic E-state index is 11.9. The average Bonchev–Trinajstić information content (AvgIpc) is 2.17. The van der Waals surface area contributed by atoms with E-state index in [1.165, 1.54) is 0 Å². The second-order valence-corrected chi connectivity index (χ2v) is 4.63. The molecule has 0 atom stereocenters. The average molecular weight is 240 g/mol. The number of hydrogen-bond donors (Lipinski definition) is 1. The van der Waals surface area contributed by atoms with Crippen LogP contribution < -0.4 is 0 Å². The Hall–Kier alpha value is -0.290. The topological polar surface area (TPSA) is 29.5 Å². The Morgan fingerprint density at radius 3 is 2.31 bits per heavy atom. The smallest absolute Gasteiger partial charge is 0.389 e. The summed E-state index contributed by atoms with van der Waals surface area (Å²) < 4.78 is 41.0. The van der Waals surface area contributed by atoms with Crippen LogP contribution in [0.4, 0.5) is 13.2 Å². The van der Waals surface area contributed by atoms with Crippen LogP contribution >= 0.6 is 0 Å². The maximum Gasteiger partial charge on any atom is 0.389 e. The molecule has 0 unspecified atom stereocenters. The van der Waals surface area contributed by atoms with E-state index in [4.69, 9.17) is 4.74 Å². The molecule has 1 N–H and O–H groups in total. The highest BCUT2D eigenvalue weighted by molar-refractivity contribution is 4.85. The zero-order chi connectivity index (χ0) is 12.2. The molecule has 0 aromatic carbocycles. The number of aliphatic hydroxyl groups is 1. The lowest BCUT2D eigenvalue weighted by Crippen LogP contribution is -2.36. The molecule has 0 amide bonds. The monoisotopic (exact) mass is 240 g/mol. The first-order valence-corrected chi connectivity index (χ1v) is 5.67. The van der Waals surface area contributed by atoms with Crippen molar-refractivity contribution >= 4 is 0 Å². The molecule has 1 aliphatic carbocycles. The fraction of sp³-hybridized carbons (Fsp3) is 1.00. The number of rotatable bonds is 4. The van der Waals surface area contributed by atoms with Crippen molar-refractivity contribution in [1.82, 2.24) is 0 Å². The molecule has 1 rings (SSSR count). The van der Waals surface area contributed by atoms with Crippen LogP contribution in [0.1, 0.15) is 44.9 Å². The minimum atomic E-state index is -4.11. The van der Waals surface area contributed by atoms with E-state index < -0.39 is 18.2 Å². The molecule has 1 fully saturated rings. The third-order valence-corrected chi connectivity index (χ3v) is 3.30.